The van der Waals surface area contributed by atoms with Crippen LogP contribution < -0.4 is 16.6 Å². The molecule has 4 rings (SSSR count). The van der Waals surface area contributed by atoms with E-state index in [-0.39, 0.29) is 22.8 Å². The number of nitrogens with one attached hydrogen (secondary N) is 2. The summed E-state index contributed by atoms with van der Waals surface area (Å²) >= 11 is 0. The highest BCUT2D eigenvalue weighted by Crippen LogP contribution is 2.22. The Morgan fingerprint density at radius 3 is 2.57 bits per heavy atom. The minimum Gasteiger partial charge on any atom is -0.384 e. The van der Waals surface area contributed by atoms with Crippen LogP contribution in [0.3, 0.4) is 0 Å². The predicted molar refractivity (Wildman–Crippen MR) is 141 cm³/mol. The van der Waals surface area contributed by atoms with Crippen LogP contribution in [0.4, 0.5) is 5.82 Å². The Hall–Kier alpha value is -4.31. The number of aromatic amines is 1. The average molecular weight is 518 g/mol. The second-order valence-electron chi connectivity index (χ2n) is 8.85. The predicted octanol–water partition coefficient (Wildman–Crippen LogP) is 2.57. The highest BCUT2D eigenvalue weighted by atomic mass is 32.2. The van der Waals surface area contributed by atoms with Gasteiger partial charge in [0.25, 0.3) is 11.5 Å². The van der Waals surface area contributed by atoms with Crippen molar-refractivity contribution < 1.29 is 13.2 Å². The molecule has 0 atom stereocenters. The van der Waals surface area contributed by atoms with Gasteiger partial charge in [0.2, 0.25) is 0 Å². The Morgan fingerprint density at radius 1 is 1.03 bits per heavy atom. The smallest absolute Gasteiger partial charge is 0.251 e. The van der Waals surface area contributed by atoms with Crippen LogP contribution in [0, 0.1) is 6.92 Å². The van der Waals surface area contributed by atoms with E-state index in [1.807, 2.05) is 13.0 Å². The molecule has 10 heteroatoms. The second-order valence-corrected chi connectivity index (χ2v) is 10.8. The van der Waals surface area contributed by atoms with Crippen LogP contribution in [0.2, 0.25) is 0 Å². The Bertz CT molecular complexity index is 1630. The highest BCUT2D eigenvalue weighted by Gasteiger charge is 2.16. The molecule has 0 fully saturated rings. The number of hydrogen-bond acceptors (Lipinski definition) is 7. The molecule has 3 heterocycles. The number of rotatable bonds is 8. The molecule has 0 saturated carbocycles. The van der Waals surface area contributed by atoms with Gasteiger partial charge in [0.15, 0.2) is 9.84 Å². The van der Waals surface area contributed by atoms with Crippen LogP contribution >= 0.6 is 0 Å². The van der Waals surface area contributed by atoms with Crippen molar-refractivity contribution in [3.05, 3.63) is 117 Å². The zero-order valence-corrected chi connectivity index (χ0v) is 21.3. The second kappa shape index (κ2) is 10.8. The first-order chi connectivity index (χ1) is 17.6. The quantitative estimate of drug-likeness (QED) is 0.325. The number of amides is 1. The topological polar surface area (TPSA) is 148 Å². The van der Waals surface area contributed by atoms with Gasteiger partial charge in [0, 0.05) is 61.1 Å². The normalized spacial score (nSPS) is 11.3. The van der Waals surface area contributed by atoms with E-state index in [1.165, 1.54) is 6.20 Å². The van der Waals surface area contributed by atoms with Crippen molar-refractivity contribution in [1.29, 1.82) is 0 Å². The minimum absolute atomic E-state index is 0.162. The molecule has 37 heavy (non-hydrogen) atoms. The fourth-order valence-corrected chi connectivity index (χ4v) is 4.98. The summed E-state index contributed by atoms with van der Waals surface area (Å²) in [6.07, 6.45) is 6.39. The Kier molecular flexibility index (Phi) is 7.49. The van der Waals surface area contributed by atoms with Crippen LogP contribution in [-0.4, -0.2) is 35.5 Å². The third-order valence-corrected chi connectivity index (χ3v) is 7.13. The van der Waals surface area contributed by atoms with Crippen molar-refractivity contribution in [1.82, 2.24) is 20.3 Å². The molecule has 1 amide bonds. The summed E-state index contributed by atoms with van der Waals surface area (Å²) < 4.78 is 25.1. The first-order valence-electron chi connectivity index (χ1n) is 11.5. The lowest BCUT2D eigenvalue weighted by Crippen LogP contribution is -2.23. The summed E-state index contributed by atoms with van der Waals surface area (Å²) in [5.41, 5.74) is 10.0. The van der Waals surface area contributed by atoms with Crippen LogP contribution in [0.1, 0.15) is 43.9 Å². The Morgan fingerprint density at radius 2 is 1.84 bits per heavy atom. The highest BCUT2D eigenvalue weighted by molar-refractivity contribution is 7.90. The molecule has 9 nitrogen and oxygen atoms in total. The lowest BCUT2D eigenvalue weighted by atomic mass is 10.0. The number of aryl methyl sites for hydroxylation is 1. The lowest BCUT2D eigenvalue weighted by molar-refractivity contribution is 0.0950. The number of carbonyl (C=O) groups excluding carboxylic acids is 1. The van der Waals surface area contributed by atoms with Crippen LogP contribution in [-0.2, 0) is 29.2 Å². The molecule has 4 N–H and O–H groups in total. The van der Waals surface area contributed by atoms with Gasteiger partial charge < -0.3 is 16.0 Å². The third kappa shape index (κ3) is 6.47. The van der Waals surface area contributed by atoms with E-state index < -0.39 is 9.84 Å². The zero-order chi connectivity index (χ0) is 26.6. The number of anilines is 1. The summed E-state index contributed by atoms with van der Waals surface area (Å²) in [4.78, 5) is 36.0. The monoisotopic (exact) mass is 517 g/mol. The molecule has 0 spiro atoms. The first-order valence-corrected chi connectivity index (χ1v) is 13.4. The van der Waals surface area contributed by atoms with E-state index >= 15 is 0 Å². The first kappa shape index (κ1) is 25.8. The minimum atomic E-state index is -3.55. The number of benzene rings is 1. The maximum Gasteiger partial charge on any atom is 0.251 e. The molecular weight excluding hydrogens is 490 g/mol. The lowest BCUT2D eigenvalue weighted by Gasteiger charge is -2.11. The Labute approximate surface area is 214 Å². The number of sulfone groups is 1. The third-order valence-electron chi connectivity index (χ3n) is 5.96. The van der Waals surface area contributed by atoms with Crippen molar-refractivity contribution in [2.45, 2.75) is 31.2 Å². The van der Waals surface area contributed by atoms with E-state index in [2.05, 4.69) is 20.3 Å². The molecule has 3 aromatic heterocycles. The van der Waals surface area contributed by atoms with Crippen molar-refractivity contribution in [2.24, 2.45) is 0 Å². The molecule has 0 saturated heterocycles. The van der Waals surface area contributed by atoms with E-state index in [0.717, 1.165) is 22.9 Å². The summed E-state index contributed by atoms with van der Waals surface area (Å²) in [6.45, 7) is 2.21. The molecule has 0 aliphatic heterocycles. The molecule has 0 aliphatic carbocycles. The summed E-state index contributed by atoms with van der Waals surface area (Å²) in [7, 11) is -3.55. The molecule has 0 radical (unpaired) electrons. The summed E-state index contributed by atoms with van der Waals surface area (Å²) in [5, 5.41) is 2.88. The van der Waals surface area contributed by atoms with E-state index in [9.17, 15) is 18.0 Å². The van der Waals surface area contributed by atoms with Gasteiger partial charge in [0.05, 0.1) is 4.90 Å². The maximum atomic E-state index is 12.7. The molecular formula is C27H27N5O4S. The van der Waals surface area contributed by atoms with Crippen molar-refractivity contribution in [3.63, 3.8) is 0 Å². The Balaban J connectivity index is 1.52. The number of nitrogen functional groups attached to an aromatic ring is 1. The van der Waals surface area contributed by atoms with E-state index in [4.69, 9.17) is 5.73 Å². The van der Waals surface area contributed by atoms with Crippen molar-refractivity contribution in [3.8, 4) is 0 Å². The summed E-state index contributed by atoms with van der Waals surface area (Å²) in [6, 6.07) is 13.6. The van der Waals surface area contributed by atoms with Crippen LogP contribution in [0.15, 0.2) is 76.8 Å². The molecule has 1 aromatic carbocycles. The maximum absolute atomic E-state index is 12.7. The van der Waals surface area contributed by atoms with Gasteiger partial charge in [0.1, 0.15) is 5.82 Å². The molecule has 190 valence electrons. The number of carbonyl (C=O) groups is 1. The molecule has 4 aromatic rings. The zero-order valence-electron chi connectivity index (χ0n) is 20.5. The SMILES string of the molecule is Cc1cc(N)ncc1CNC(=O)c1ccnc(Cc2ccc(Cc3ccc[nH]c3=O)c(S(C)(=O)=O)c2)c1. The summed E-state index contributed by atoms with van der Waals surface area (Å²) in [5.74, 6) is 0.160. The number of nitrogens with zero attached hydrogens (tertiary/aromatic N) is 2. The standard InChI is InChI=1S/C27H27N5O4S/c1-17-10-25(28)31-15-22(17)16-32-27(34)21-7-9-29-23(14-21)11-18-5-6-19(24(12-18)37(2,35)36)13-20-4-3-8-30-26(20)33/h3-10,12,14-15H,11,13,16H2,1-2H3,(H2,28,31)(H,30,33)(H,32,34). The van der Waals surface area contributed by atoms with Gasteiger partial charge in [-0.3, -0.25) is 14.6 Å². The van der Waals surface area contributed by atoms with Gasteiger partial charge >= 0.3 is 0 Å². The molecule has 0 aliphatic rings. The van der Waals surface area contributed by atoms with Gasteiger partial charge in [-0.1, -0.05) is 18.2 Å². The number of pyridine rings is 3. The van der Waals surface area contributed by atoms with Gasteiger partial charge in [-0.15, -0.1) is 0 Å². The number of aromatic nitrogens is 3. The van der Waals surface area contributed by atoms with Gasteiger partial charge in [-0.05, 0) is 59.5 Å². The van der Waals surface area contributed by atoms with E-state index in [0.29, 0.717) is 41.2 Å². The van der Waals surface area contributed by atoms with Crippen molar-refractivity contribution in [2.75, 3.05) is 12.0 Å². The fraction of sp³-hybridized carbons (Fsp3) is 0.185. The van der Waals surface area contributed by atoms with Crippen LogP contribution in [0.5, 0.6) is 0 Å². The number of H-pyrrole nitrogens is 1. The largest absolute Gasteiger partial charge is 0.384 e. The molecule has 0 bridgehead atoms. The van der Waals surface area contributed by atoms with Crippen molar-refractivity contribution >= 4 is 21.6 Å². The van der Waals surface area contributed by atoms with Crippen LogP contribution in [0.25, 0.3) is 0 Å². The van der Waals surface area contributed by atoms with E-state index in [1.54, 1.807) is 54.9 Å². The van der Waals surface area contributed by atoms with Gasteiger partial charge in [-0.2, -0.15) is 0 Å². The average Bonchev–Trinajstić information content (AvgIpc) is 2.85. The van der Waals surface area contributed by atoms with Gasteiger partial charge in [-0.25, -0.2) is 13.4 Å². The number of nitrogens with two attached hydrogens (primary N) is 1. The fourth-order valence-electron chi connectivity index (χ4n) is 3.99. The number of hydrogen-bond donors (Lipinski definition) is 3. The molecule has 0 unspecified atom stereocenters.